The van der Waals surface area contributed by atoms with Crippen molar-refractivity contribution in [3.63, 3.8) is 0 Å². The van der Waals surface area contributed by atoms with Gasteiger partial charge in [0.15, 0.2) is 0 Å². The summed E-state index contributed by atoms with van der Waals surface area (Å²) in [6, 6.07) is 9.85. The Morgan fingerprint density at radius 1 is 1.31 bits per heavy atom. The van der Waals surface area contributed by atoms with Crippen LogP contribution in [0.15, 0.2) is 30.3 Å². The van der Waals surface area contributed by atoms with Gasteiger partial charge in [0.25, 0.3) is 5.69 Å². The van der Waals surface area contributed by atoms with Gasteiger partial charge in [-0.25, -0.2) is 4.79 Å². The number of aromatic nitrogens is 1. The van der Waals surface area contributed by atoms with Gasteiger partial charge in [-0.05, 0) is 18.6 Å². The first-order valence-electron chi connectivity index (χ1n) is 5.12. The summed E-state index contributed by atoms with van der Waals surface area (Å²) in [6.45, 7) is 1.99. The third-order valence-corrected chi connectivity index (χ3v) is 2.80. The smallest absolute Gasteiger partial charge is 0.403 e. The summed E-state index contributed by atoms with van der Waals surface area (Å²) in [7, 11) is 3.26. The molecule has 0 aliphatic rings. The summed E-state index contributed by atoms with van der Waals surface area (Å²) in [4.78, 5) is 11.6. The van der Waals surface area contributed by atoms with E-state index in [4.69, 9.17) is 4.74 Å². The van der Waals surface area contributed by atoms with E-state index in [2.05, 4.69) is 0 Å². The average molecular weight is 216 g/mol. The van der Waals surface area contributed by atoms with E-state index in [0.29, 0.717) is 5.69 Å². The molecule has 0 N–H and O–H groups in total. The molecule has 0 fully saturated rings. The Morgan fingerprint density at radius 3 is 2.69 bits per heavy atom. The number of nitrogens with zero attached hydrogens (tertiary/aromatic N) is 1. The van der Waals surface area contributed by atoms with Crippen molar-refractivity contribution in [3.05, 3.63) is 41.6 Å². The number of esters is 1. The molecule has 1 heterocycles. The molecule has 0 atom stereocenters. The molecule has 0 spiro atoms. The lowest BCUT2D eigenvalue weighted by Gasteiger charge is -2.04. The minimum atomic E-state index is -0.309. The minimum absolute atomic E-state index is 0.309. The Balaban J connectivity index is 2.80. The zero-order chi connectivity index (χ0) is 11.7. The summed E-state index contributed by atoms with van der Waals surface area (Å²) in [5.74, 6) is -0.309. The summed E-state index contributed by atoms with van der Waals surface area (Å²) in [5.41, 5.74) is 2.68. The number of hydrogen-bond donors (Lipinski definition) is 0. The molecule has 0 bridgehead atoms. The number of ether oxygens (including phenoxy) is 1. The maximum atomic E-state index is 11.6. The van der Waals surface area contributed by atoms with Crippen LogP contribution in [0.2, 0.25) is 0 Å². The van der Waals surface area contributed by atoms with Crippen LogP contribution in [0.5, 0.6) is 0 Å². The van der Waals surface area contributed by atoms with Crippen LogP contribution in [0.3, 0.4) is 0 Å². The zero-order valence-electron chi connectivity index (χ0n) is 9.65. The van der Waals surface area contributed by atoms with Gasteiger partial charge in [-0.3, -0.25) is 0 Å². The topological polar surface area (TPSA) is 30.2 Å². The summed E-state index contributed by atoms with van der Waals surface area (Å²) in [5, 5.41) is 1.15. The molecule has 2 rings (SSSR count). The first-order valence-corrected chi connectivity index (χ1v) is 5.12. The predicted octanol–water partition coefficient (Wildman–Crippen LogP) is 1.76. The quantitative estimate of drug-likeness (QED) is 0.537. The van der Waals surface area contributed by atoms with E-state index in [1.54, 1.807) is 0 Å². The maximum Gasteiger partial charge on any atom is 0.403 e. The summed E-state index contributed by atoms with van der Waals surface area (Å²) in [6.07, 6.45) is 0. The lowest BCUT2D eigenvalue weighted by molar-refractivity contribution is -0.647. The highest BCUT2D eigenvalue weighted by Crippen LogP contribution is 2.15. The van der Waals surface area contributed by atoms with Crippen molar-refractivity contribution in [2.24, 2.45) is 7.05 Å². The Labute approximate surface area is 94.3 Å². The highest BCUT2D eigenvalue weighted by Gasteiger charge is 2.21. The van der Waals surface area contributed by atoms with E-state index < -0.39 is 0 Å². The van der Waals surface area contributed by atoms with Crippen molar-refractivity contribution in [2.75, 3.05) is 7.11 Å². The predicted molar refractivity (Wildman–Crippen MR) is 61.2 cm³/mol. The number of hydrogen-bond acceptors (Lipinski definition) is 2. The Morgan fingerprint density at radius 2 is 2.00 bits per heavy atom. The van der Waals surface area contributed by atoms with E-state index in [9.17, 15) is 4.79 Å². The fourth-order valence-electron chi connectivity index (χ4n) is 1.91. The van der Waals surface area contributed by atoms with Gasteiger partial charge in [-0.1, -0.05) is 12.1 Å². The van der Waals surface area contributed by atoms with Crippen LogP contribution in [0.1, 0.15) is 16.1 Å². The van der Waals surface area contributed by atoms with Crippen LogP contribution in [0.25, 0.3) is 10.9 Å². The van der Waals surface area contributed by atoms with E-state index in [1.807, 2.05) is 48.9 Å². The Hall–Kier alpha value is -1.90. The molecule has 82 valence electrons. The van der Waals surface area contributed by atoms with E-state index in [0.717, 1.165) is 16.5 Å². The molecular formula is C13H14NO2+. The first-order chi connectivity index (χ1) is 7.65. The fraction of sp³-hybridized carbons (Fsp3) is 0.231. The summed E-state index contributed by atoms with van der Waals surface area (Å²) < 4.78 is 6.62. The molecule has 0 radical (unpaired) electrons. The molecule has 16 heavy (non-hydrogen) atoms. The highest BCUT2D eigenvalue weighted by atomic mass is 16.5. The average Bonchev–Trinajstić information content (AvgIpc) is 2.33. The molecule has 0 aliphatic heterocycles. The number of fused-ring (bicyclic) bond motifs is 1. The largest absolute Gasteiger partial charge is 0.461 e. The zero-order valence-corrected chi connectivity index (χ0v) is 9.65. The van der Waals surface area contributed by atoms with Crippen LogP contribution in [0, 0.1) is 6.92 Å². The molecule has 2 aromatic rings. The van der Waals surface area contributed by atoms with Gasteiger partial charge in [-0.15, -0.1) is 0 Å². The van der Waals surface area contributed by atoms with Gasteiger partial charge in [-0.2, -0.15) is 4.57 Å². The fourth-order valence-corrected chi connectivity index (χ4v) is 1.91. The lowest BCUT2D eigenvalue weighted by Crippen LogP contribution is -2.37. The van der Waals surface area contributed by atoms with Gasteiger partial charge >= 0.3 is 5.97 Å². The number of benzene rings is 1. The normalized spacial score (nSPS) is 10.4. The summed E-state index contributed by atoms with van der Waals surface area (Å²) >= 11 is 0. The molecule has 0 saturated carbocycles. The van der Waals surface area contributed by atoms with Gasteiger partial charge in [0.2, 0.25) is 5.52 Å². The number of methoxy groups -OCH3 is 1. The molecule has 3 heteroatoms. The third kappa shape index (κ3) is 1.54. The van der Waals surface area contributed by atoms with Crippen molar-refractivity contribution >= 4 is 16.9 Å². The van der Waals surface area contributed by atoms with Crippen molar-refractivity contribution in [1.82, 2.24) is 0 Å². The number of rotatable bonds is 1. The number of aryl methyl sites for hydroxylation is 2. The van der Waals surface area contributed by atoms with Crippen LogP contribution in [-0.4, -0.2) is 13.1 Å². The second-order valence-corrected chi connectivity index (χ2v) is 3.78. The number of para-hydroxylation sites is 1. The molecule has 0 aliphatic carbocycles. The third-order valence-electron chi connectivity index (χ3n) is 2.80. The monoisotopic (exact) mass is 216 g/mol. The number of pyridine rings is 1. The molecule has 0 amide bonds. The van der Waals surface area contributed by atoms with Crippen molar-refractivity contribution in [3.8, 4) is 0 Å². The number of carbonyl (C=O) groups excluding carboxylic acids is 1. The van der Waals surface area contributed by atoms with Crippen molar-refractivity contribution < 1.29 is 14.1 Å². The van der Waals surface area contributed by atoms with E-state index in [-0.39, 0.29) is 5.97 Å². The van der Waals surface area contributed by atoms with Crippen molar-refractivity contribution in [2.45, 2.75) is 6.92 Å². The highest BCUT2D eigenvalue weighted by molar-refractivity contribution is 5.89. The minimum Gasteiger partial charge on any atom is -0.461 e. The molecule has 0 unspecified atom stereocenters. The molecular weight excluding hydrogens is 202 g/mol. The molecule has 0 saturated heterocycles. The second-order valence-electron chi connectivity index (χ2n) is 3.78. The standard InChI is InChI=1S/C13H14NO2/c1-9-8-12(13(15)16-3)14(2)11-7-5-4-6-10(9)11/h4-8H,1-3H3/q+1. The van der Waals surface area contributed by atoms with Gasteiger partial charge in [0, 0.05) is 17.5 Å². The molecule has 1 aromatic heterocycles. The van der Waals surface area contributed by atoms with Gasteiger partial charge < -0.3 is 4.74 Å². The van der Waals surface area contributed by atoms with Gasteiger partial charge in [0.1, 0.15) is 7.05 Å². The van der Waals surface area contributed by atoms with E-state index >= 15 is 0 Å². The Bertz CT molecular complexity index is 561. The maximum absolute atomic E-state index is 11.6. The lowest BCUT2D eigenvalue weighted by atomic mass is 10.1. The molecule has 3 nitrogen and oxygen atoms in total. The second kappa shape index (κ2) is 3.93. The van der Waals surface area contributed by atoms with Gasteiger partial charge in [0.05, 0.1) is 7.11 Å². The SMILES string of the molecule is COC(=O)c1cc(C)c2ccccc2[n+]1C. The van der Waals surface area contributed by atoms with Crippen molar-refractivity contribution in [1.29, 1.82) is 0 Å². The van der Waals surface area contributed by atoms with Crippen LogP contribution >= 0.6 is 0 Å². The van der Waals surface area contributed by atoms with Crippen LogP contribution < -0.4 is 4.57 Å². The first kappa shape index (κ1) is 10.6. The number of carbonyl (C=O) groups is 1. The van der Waals surface area contributed by atoms with E-state index in [1.165, 1.54) is 7.11 Å². The molecule has 1 aromatic carbocycles. The Kier molecular flexibility index (Phi) is 2.60. The van der Waals surface area contributed by atoms with Crippen LogP contribution in [-0.2, 0) is 11.8 Å². The van der Waals surface area contributed by atoms with Crippen LogP contribution in [0.4, 0.5) is 0 Å².